The summed E-state index contributed by atoms with van der Waals surface area (Å²) < 4.78 is 5.34. The number of halogens is 1. The molecule has 1 atom stereocenters. The van der Waals surface area contributed by atoms with E-state index in [0.29, 0.717) is 37.4 Å². The number of nitrogens with zero attached hydrogens (tertiary/aromatic N) is 1. The molecule has 0 aromatic carbocycles. The predicted octanol–water partition coefficient (Wildman–Crippen LogP) is 2.59. The first-order chi connectivity index (χ1) is 9.33. The smallest absolute Gasteiger partial charge is 0.242 e. The maximum atomic E-state index is 12.7. The number of hydrogen-bond acceptors (Lipinski definition) is 3. The highest BCUT2D eigenvalue weighted by Gasteiger charge is 2.39. The number of rotatable bonds is 1. The lowest BCUT2D eigenvalue weighted by Gasteiger charge is -2.36. The van der Waals surface area contributed by atoms with Crippen molar-refractivity contribution in [1.82, 2.24) is 4.90 Å². The van der Waals surface area contributed by atoms with Crippen LogP contribution in [-0.4, -0.2) is 42.6 Å². The van der Waals surface area contributed by atoms with Gasteiger partial charge in [0.2, 0.25) is 5.91 Å². The number of hydrogen-bond donors (Lipinski definition) is 1. The molecule has 1 amide bonds. The van der Waals surface area contributed by atoms with Gasteiger partial charge in [-0.1, -0.05) is 20.8 Å². The predicted molar refractivity (Wildman–Crippen MR) is 87.6 cm³/mol. The Labute approximate surface area is 135 Å². The Balaban J connectivity index is 0.00000220. The third kappa shape index (κ3) is 4.57. The van der Waals surface area contributed by atoms with Crippen LogP contribution < -0.4 is 5.73 Å². The number of carbonyl (C=O) groups is 1. The van der Waals surface area contributed by atoms with E-state index in [-0.39, 0.29) is 18.3 Å². The Hall–Kier alpha value is -0.320. The van der Waals surface area contributed by atoms with E-state index in [4.69, 9.17) is 10.5 Å². The maximum Gasteiger partial charge on any atom is 0.242 e. The van der Waals surface area contributed by atoms with Crippen molar-refractivity contribution in [3.8, 4) is 0 Å². The molecule has 0 bridgehead atoms. The summed E-state index contributed by atoms with van der Waals surface area (Å²) in [6, 6.07) is 0. The molecule has 0 aliphatic carbocycles. The van der Waals surface area contributed by atoms with E-state index < -0.39 is 5.54 Å². The number of ether oxygens (including phenoxy) is 1. The third-order valence-corrected chi connectivity index (χ3v) is 5.05. The molecule has 0 aromatic heterocycles. The lowest BCUT2D eigenvalue weighted by atomic mass is 9.77. The summed E-state index contributed by atoms with van der Waals surface area (Å²) in [5.41, 5.74) is 5.98. The molecule has 2 aliphatic heterocycles. The molecule has 0 spiro atoms. The van der Waals surface area contributed by atoms with Crippen molar-refractivity contribution in [1.29, 1.82) is 0 Å². The van der Waals surface area contributed by atoms with Crippen LogP contribution in [0.15, 0.2) is 0 Å². The molecule has 1 unspecified atom stereocenters. The highest BCUT2D eigenvalue weighted by molar-refractivity contribution is 5.86. The van der Waals surface area contributed by atoms with E-state index in [9.17, 15) is 4.79 Å². The Morgan fingerprint density at radius 2 is 1.81 bits per heavy atom. The van der Waals surface area contributed by atoms with Gasteiger partial charge in [-0.3, -0.25) is 4.79 Å². The van der Waals surface area contributed by atoms with Crippen molar-refractivity contribution in [3.63, 3.8) is 0 Å². The highest BCUT2D eigenvalue weighted by atomic mass is 35.5. The first-order valence-corrected chi connectivity index (χ1v) is 7.99. The largest absolute Gasteiger partial charge is 0.381 e. The minimum Gasteiger partial charge on any atom is -0.381 e. The lowest BCUT2D eigenvalue weighted by molar-refractivity contribution is -0.140. The van der Waals surface area contributed by atoms with E-state index in [0.717, 1.165) is 25.9 Å². The van der Waals surface area contributed by atoms with Crippen molar-refractivity contribution in [2.24, 2.45) is 17.1 Å². The van der Waals surface area contributed by atoms with Gasteiger partial charge in [-0.25, -0.2) is 0 Å². The molecule has 21 heavy (non-hydrogen) atoms. The summed E-state index contributed by atoms with van der Waals surface area (Å²) in [5, 5.41) is 0. The maximum absolute atomic E-state index is 12.7. The quantitative estimate of drug-likeness (QED) is 0.808. The molecule has 5 heteroatoms. The van der Waals surface area contributed by atoms with E-state index >= 15 is 0 Å². The van der Waals surface area contributed by atoms with Crippen LogP contribution in [0.2, 0.25) is 0 Å². The topological polar surface area (TPSA) is 55.6 Å². The van der Waals surface area contributed by atoms with Crippen LogP contribution in [-0.2, 0) is 9.53 Å². The number of carbonyl (C=O) groups excluding carboxylic acids is 1. The van der Waals surface area contributed by atoms with E-state index in [1.54, 1.807) is 0 Å². The number of amides is 1. The first kappa shape index (κ1) is 18.7. The van der Waals surface area contributed by atoms with Gasteiger partial charge in [0.05, 0.1) is 5.54 Å². The van der Waals surface area contributed by atoms with Gasteiger partial charge in [-0.05, 0) is 43.4 Å². The minimum atomic E-state index is -0.681. The van der Waals surface area contributed by atoms with E-state index in [1.807, 2.05) is 4.90 Å². The summed E-state index contributed by atoms with van der Waals surface area (Å²) in [5.74, 6) is 0.846. The Kier molecular flexibility index (Phi) is 6.51. The zero-order chi connectivity index (χ0) is 14.8. The van der Waals surface area contributed by atoms with E-state index in [2.05, 4.69) is 20.8 Å². The fraction of sp³-hybridized carbons (Fsp3) is 0.938. The van der Waals surface area contributed by atoms with Crippen LogP contribution in [0.5, 0.6) is 0 Å². The average Bonchev–Trinajstić information content (AvgIpc) is 2.64. The molecule has 2 fully saturated rings. The van der Waals surface area contributed by atoms with Gasteiger partial charge in [-0.2, -0.15) is 0 Å². The second-order valence-electron chi connectivity index (χ2n) is 7.55. The van der Waals surface area contributed by atoms with Gasteiger partial charge in [0.15, 0.2) is 0 Å². The molecular formula is C16H31ClN2O2. The molecule has 124 valence electrons. The molecule has 4 nitrogen and oxygen atoms in total. The molecule has 0 aromatic rings. The van der Waals surface area contributed by atoms with Crippen molar-refractivity contribution in [2.45, 2.75) is 58.4 Å². The molecule has 2 N–H and O–H groups in total. The van der Waals surface area contributed by atoms with Gasteiger partial charge in [0.1, 0.15) is 0 Å². The standard InChI is InChI=1S/C16H30N2O2.ClH/c1-15(2,3)13-5-4-9-18(10-6-13)14(19)16(17)7-11-20-12-8-16;/h13H,4-12,17H2,1-3H3;1H. The molecule has 2 saturated heterocycles. The zero-order valence-corrected chi connectivity index (χ0v) is 14.5. The molecule has 2 aliphatic rings. The molecule has 2 heterocycles. The van der Waals surface area contributed by atoms with E-state index in [1.165, 1.54) is 6.42 Å². The highest BCUT2D eigenvalue weighted by Crippen LogP contribution is 2.35. The van der Waals surface area contributed by atoms with Crippen molar-refractivity contribution >= 4 is 18.3 Å². The molecular weight excluding hydrogens is 288 g/mol. The van der Waals surface area contributed by atoms with Crippen LogP contribution in [0.25, 0.3) is 0 Å². The Bertz CT molecular complexity index is 349. The van der Waals surface area contributed by atoms with Crippen LogP contribution in [0.1, 0.15) is 52.9 Å². The SMILES string of the molecule is CC(C)(C)C1CCCN(C(=O)C2(N)CCOCC2)CC1.Cl. The summed E-state index contributed by atoms with van der Waals surface area (Å²) >= 11 is 0. The van der Waals surface area contributed by atoms with Crippen LogP contribution in [0.4, 0.5) is 0 Å². The van der Waals surface area contributed by atoms with Crippen molar-refractivity contribution < 1.29 is 9.53 Å². The minimum absolute atomic E-state index is 0. The zero-order valence-electron chi connectivity index (χ0n) is 13.7. The molecule has 0 saturated carbocycles. The van der Waals surface area contributed by atoms with Gasteiger partial charge >= 0.3 is 0 Å². The first-order valence-electron chi connectivity index (χ1n) is 7.99. The normalized spacial score (nSPS) is 26.7. The fourth-order valence-electron chi connectivity index (χ4n) is 3.43. The summed E-state index contributed by atoms with van der Waals surface area (Å²) in [6.07, 6.45) is 4.73. The van der Waals surface area contributed by atoms with Crippen molar-refractivity contribution in [2.75, 3.05) is 26.3 Å². The van der Waals surface area contributed by atoms with Gasteiger partial charge in [-0.15, -0.1) is 12.4 Å². The molecule has 0 radical (unpaired) electrons. The van der Waals surface area contributed by atoms with Gasteiger partial charge < -0.3 is 15.4 Å². The number of likely N-dealkylation sites (tertiary alicyclic amines) is 1. The third-order valence-electron chi connectivity index (χ3n) is 5.05. The Morgan fingerprint density at radius 1 is 1.19 bits per heavy atom. The van der Waals surface area contributed by atoms with Gasteiger partial charge in [0.25, 0.3) is 0 Å². The van der Waals surface area contributed by atoms with Crippen LogP contribution in [0.3, 0.4) is 0 Å². The second kappa shape index (κ2) is 7.30. The average molecular weight is 319 g/mol. The summed E-state index contributed by atoms with van der Waals surface area (Å²) in [4.78, 5) is 14.7. The summed E-state index contributed by atoms with van der Waals surface area (Å²) in [6.45, 7) is 9.86. The second-order valence-corrected chi connectivity index (χ2v) is 7.55. The number of nitrogens with two attached hydrogens (primary N) is 1. The van der Waals surface area contributed by atoms with Crippen molar-refractivity contribution in [3.05, 3.63) is 0 Å². The van der Waals surface area contributed by atoms with Crippen LogP contribution in [0, 0.1) is 11.3 Å². The molecule has 2 rings (SSSR count). The summed E-state index contributed by atoms with van der Waals surface area (Å²) in [7, 11) is 0. The van der Waals surface area contributed by atoms with Crippen LogP contribution >= 0.6 is 12.4 Å². The van der Waals surface area contributed by atoms with Gasteiger partial charge in [0, 0.05) is 26.3 Å². The monoisotopic (exact) mass is 318 g/mol. The fourth-order valence-corrected chi connectivity index (χ4v) is 3.43. The lowest BCUT2D eigenvalue weighted by Crippen LogP contribution is -2.58. The Morgan fingerprint density at radius 3 is 2.38 bits per heavy atom.